The highest BCUT2D eigenvalue weighted by Gasteiger charge is 2.44. The Morgan fingerprint density at radius 3 is 2.57 bits per heavy atom. The van der Waals surface area contributed by atoms with Gasteiger partial charge in [0.05, 0.1) is 12.2 Å². The zero-order valence-corrected chi connectivity index (χ0v) is 14.3. The predicted octanol–water partition coefficient (Wildman–Crippen LogP) is 2.44. The molecule has 4 heteroatoms. The standard InChI is InChI=1S/C17H33N3O/c1-5-8-15-17(21)20(13(2)11-12-19(3)4)16(18-15)14-9-6-7-10-14/h13-16,18H,5-12H2,1-4H3. The Morgan fingerprint density at radius 1 is 1.33 bits per heavy atom. The fraction of sp³-hybridized carbons (Fsp3) is 0.941. The van der Waals surface area contributed by atoms with E-state index in [1.807, 2.05) is 0 Å². The van der Waals surface area contributed by atoms with Crippen LogP contribution >= 0.6 is 0 Å². The van der Waals surface area contributed by atoms with Crippen LogP contribution in [0.4, 0.5) is 0 Å². The minimum Gasteiger partial charge on any atom is -0.323 e. The van der Waals surface area contributed by atoms with E-state index in [1.165, 1.54) is 25.7 Å². The molecule has 1 aliphatic heterocycles. The van der Waals surface area contributed by atoms with E-state index in [2.05, 4.69) is 43.1 Å². The van der Waals surface area contributed by atoms with E-state index in [-0.39, 0.29) is 12.2 Å². The lowest BCUT2D eigenvalue weighted by molar-refractivity contribution is -0.133. The molecule has 0 aromatic carbocycles. The van der Waals surface area contributed by atoms with Crippen molar-refractivity contribution in [3.8, 4) is 0 Å². The second kappa shape index (κ2) is 7.59. The van der Waals surface area contributed by atoms with Crippen molar-refractivity contribution >= 4 is 5.91 Å². The number of nitrogens with one attached hydrogen (secondary N) is 1. The molecule has 1 heterocycles. The van der Waals surface area contributed by atoms with E-state index in [0.717, 1.165) is 25.8 Å². The van der Waals surface area contributed by atoms with Crippen molar-refractivity contribution in [3.05, 3.63) is 0 Å². The van der Waals surface area contributed by atoms with E-state index < -0.39 is 0 Å². The molecule has 21 heavy (non-hydrogen) atoms. The van der Waals surface area contributed by atoms with E-state index in [4.69, 9.17) is 0 Å². The van der Waals surface area contributed by atoms with Gasteiger partial charge in [-0.05, 0) is 59.2 Å². The van der Waals surface area contributed by atoms with Crippen LogP contribution in [0.2, 0.25) is 0 Å². The van der Waals surface area contributed by atoms with Crippen LogP contribution in [-0.4, -0.2) is 54.6 Å². The lowest BCUT2D eigenvalue weighted by Crippen LogP contribution is -2.47. The third kappa shape index (κ3) is 3.98. The third-order valence-electron chi connectivity index (χ3n) is 5.12. The first-order valence-electron chi connectivity index (χ1n) is 8.77. The van der Waals surface area contributed by atoms with Gasteiger partial charge in [0, 0.05) is 6.04 Å². The SMILES string of the molecule is CCCC1NC(C2CCCC2)N(C(C)CCN(C)C)C1=O. The zero-order valence-electron chi connectivity index (χ0n) is 14.3. The minimum absolute atomic E-state index is 0.0578. The minimum atomic E-state index is 0.0578. The summed E-state index contributed by atoms with van der Waals surface area (Å²) in [5.41, 5.74) is 0. The summed E-state index contributed by atoms with van der Waals surface area (Å²) in [6, 6.07) is 0.391. The van der Waals surface area contributed by atoms with Crippen LogP contribution in [-0.2, 0) is 4.79 Å². The van der Waals surface area contributed by atoms with Gasteiger partial charge in [0.2, 0.25) is 5.91 Å². The first kappa shape index (κ1) is 16.8. The van der Waals surface area contributed by atoms with Gasteiger partial charge in [-0.3, -0.25) is 10.1 Å². The second-order valence-corrected chi connectivity index (χ2v) is 7.18. The zero-order chi connectivity index (χ0) is 15.4. The van der Waals surface area contributed by atoms with Gasteiger partial charge in [-0.15, -0.1) is 0 Å². The molecule has 1 N–H and O–H groups in total. The van der Waals surface area contributed by atoms with Gasteiger partial charge in [0.1, 0.15) is 0 Å². The fourth-order valence-electron chi connectivity index (χ4n) is 3.88. The predicted molar refractivity (Wildman–Crippen MR) is 87.1 cm³/mol. The molecule has 3 atom stereocenters. The molecule has 122 valence electrons. The van der Waals surface area contributed by atoms with Crippen LogP contribution in [0.15, 0.2) is 0 Å². The molecule has 2 aliphatic rings. The van der Waals surface area contributed by atoms with Crippen LogP contribution in [0.25, 0.3) is 0 Å². The number of hydrogen-bond acceptors (Lipinski definition) is 3. The maximum atomic E-state index is 12.8. The van der Waals surface area contributed by atoms with E-state index >= 15 is 0 Å². The first-order valence-corrected chi connectivity index (χ1v) is 8.77. The van der Waals surface area contributed by atoms with Crippen molar-refractivity contribution < 1.29 is 4.79 Å². The Bertz CT molecular complexity index is 339. The summed E-state index contributed by atoms with van der Waals surface area (Å²) in [6.07, 6.45) is 8.60. The summed E-state index contributed by atoms with van der Waals surface area (Å²) in [6.45, 7) is 5.43. The summed E-state index contributed by atoms with van der Waals surface area (Å²) in [4.78, 5) is 17.2. The molecule has 1 saturated heterocycles. The van der Waals surface area contributed by atoms with Gasteiger partial charge >= 0.3 is 0 Å². The Kier molecular flexibility index (Phi) is 6.06. The van der Waals surface area contributed by atoms with Crippen LogP contribution in [0, 0.1) is 5.92 Å². The highest BCUT2D eigenvalue weighted by molar-refractivity contribution is 5.84. The van der Waals surface area contributed by atoms with E-state index in [1.54, 1.807) is 0 Å². The molecule has 1 aliphatic carbocycles. The smallest absolute Gasteiger partial charge is 0.241 e. The van der Waals surface area contributed by atoms with Crippen LogP contribution in [0.1, 0.15) is 58.8 Å². The maximum Gasteiger partial charge on any atom is 0.241 e. The van der Waals surface area contributed by atoms with Crippen molar-refractivity contribution in [2.75, 3.05) is 20.6 Å². The number of carbonyl (C=O) groups is 1. The van der Waals surface area contributed by atoms with Gasteiger partial charge < -0.3 is 9.80 Å². The molecule has 2 rings (SSSR count). The van der Waals surface area contributed by atoms with Crippen LogP contribution < -0.4 is 5.32 Å². The van der Waals surface area contributed by atoms with Crippen LogP contribution in [0.3, 0.4) is 0 Å². The van der Waals surface area contributed by atoms with Crippen LogP contribution in [0.5, 0.6) is 0 Å². The van der Waals surface area contributed by atoms with Crippen molar-refractivity contribution in [1.82, 2.24) is 15.1 Å². The first-order chi connectivity index (χ1) is 10.0. The van der Waals surface area contributed by atoms with Gasteiger partial charge in [0.25, 0.3) is 0 Å². The number of nitrogens with zero attached hydrogens (tertiary/aromatic N) is 2. The van der Waals surface area contributed by atoms with Gasteiger partial charge in [0.15, 0.2) is 0 Å². The molecule has 0 bridgehead atoms. The molecule has 0 radical (unpaired) electrons. The number of hydrogen-bond donors (Lipinski definition) is 1. The summed E-state index contributed by atoms with van der Waals surface area (Å²) in [7, 11) is 4.20. The molecule has 1 saturated carbocycles. The maximum absolute atomic E-state index is 12.8. The Hall–Kier alpha value is -0.610. The molecule has 4 nitrogen and oxygen atoms in total. The lowest BCUT2D eigenvalue weighted by Gasteiger charge is -2.34. The van der Waals surface area contributed by atoms with Gasteiger partial charge in [-0.1, -0.05) is 26.2 Å². The molecule has 1 amide bonds. The lowest BCUT2D eigenvalue weighted by atomic mass is 10.0. The van der Waals surface area contributed by atoms with Gasteiger partial charge in [-0.2, -0.15) is 0 Å². The molecule has 2 fully saturated rings. The molecule has 0 aromatic heterocycles. The molecular formula is C17H33N3O. The Labute approximate surface area is 130 Å². The van der Waals surface area contributed by atoms with E-state index in [9.17, 15) is 4.79 Å². The summed E-state index contributed by atoms with van der Waals surface area (Å²) in [5, 5.41) is 3.66. The quantitative estimate of drug-likeness (QED) is 0.783. The second-order valence-electron chi connectivity index (χ2n) is 7.18. The van der Waals surface area contributed by atoms with Gasteiger partial charge in [-0.25, -0.2) is 0 Å². The van der Waals surface area contributed by atoms with Crippen molar-refractivity contribution in [3.63, 3.8) is 0 Å². The fourth-order valence-corrected chi connectivity index (χ4v) is 3.88. The topological polar surface area (TPSA) is 35.6 Å². The molecule has 0 aromatic rings. The third-order valence-corrected chi connectivity index (χ3v) is 5.12. The summed E-state index contributed by atoms with van der Waals surface area (Å²) < 4.78 is 0. The normalized spacial score (nSPS) is 28.8. The number of rotatable bonds is 7. The Morgan fingerprint density at radius 2 is 2.00 bits per heavy atom. The monoisotopic (exact) mass is 295 g/mol. The van der Waals surface area contributed by atoms with Crippen molar-refractivity contribution in [1.29, 1.82) is 0 Å². The van der Waals surface area contributed by atoms with Crippen molar-refractivity contribution in [2.24, 2.45) is 5.92 Å². The van der Waals surface area contributed by atoms with Crippen molar-refractivity contribution in [2.45, 2.75) is 77.0 Å². The molecule has 0 spiro atoms. The summed E-state index contributed by atoms with van der Waals surface area (Å²) in [5.74, 6) is 1.01. The molecular weight excluding hydrogens is 262 g/mol. The summed E-state index contributed by atoms with van der Waals surface area (Å²) >= 11 is 0. The number of amides is 1. The van der Waals surface area contributed by atoms with E-state index in [0.29, 0.717) is 17.9 Å². The highest BCUT2D eigenvalue weighted by atomic mass is 16.2. The highest BCUT2D eigenvalue weighted by Crippen LogP contribution is 2.34. The average molecular weight is 295 g/mol. The average Bonchev–Trinajstić information content (AvgIpc) is 3.05. The Balaban J connectivity index is 2.06. The molecule has 3 unspecified atom stereocenters. The largest absolute Gasteiger partial charge is 0.323 e. The number of carbonyl (C=O) groups excluding carboxylic acids is 1.